The van der Waals surface area contributed by atoms with Gasteiger partial charge < -0.3 is 10.5 Å². The number of ether oxygens (including phenoxy) is 1. The molecule has 0 aliphatic carbocycles. The lowest BCUT2D eigenvalue weighted by Crippen LogP contribution is -2.11. The van der Waals surface area contributed by atoms with Gasteiger partial charge in [0.25, 0.3) is 0 Å². The highest BCUT2D eigenvalue weighted by Crippen LogP contribution is 2.24. The Morgan fingerprint density at radius 2 is 1.79 bits per heavy atom. The first-order valence-corrected chi connectivity index (χ1v) is 6.32. The normalized spacial score (nSPS) is 10.2. The van der Waals surface area contributed by atoms with Gasteiger partial charge in [0.05, 0.1) is 0 Å². The fourth-order valence-electron chi connectivity index (χ4n) is 1.61. The van der Waals surface area contributed by atoms with E-state index in [1.807, 2.05) is 18.2 Å². The lowest BCUT2D eigenvalue weighted by atomic mass is 10.1. The van der Waals surface area contributed by atoms with E-state index in [2.05, 4.69) is 0 Å². The van der Waals surface area contributed by atoms with Crippen LogP contribution in [0.25, 0.3) is 0 Å². The first kappa shape index (κ1) is 13.7. The molecule has 0 saturated heterocycles. The predicted molar refractivity (Wildman–Crippen MR) is 78.3 cm³/mol. The monoisotopic (exact) mass is 294 g/mol. The largest absolute Gasteiger partial charge is 0.489 e. The molecule has 2 aromatic carbocycles. The fraction of sp³-hybridized carbons (Fsp3) is 0.0714. The summed E-state index contributed by atoms with van der Waals surface area (Å²) < 4.78 is 5.61. The van der Waals surface area contributed by atoms with Crippen LogP contribution in [-0.2, 0) is 6.61 Å². The second kappa shape index (κ2) is 5.95. The molecule has 0 unspecified atom stereocenters. The molecule has 19 heavy (non-hydrogen) atoms. The number of rotatable bonds is 4. The number of nitrogens with two attached hydrogens (primary N) is 1. The minimum atomic E-state index is 0.0349. The lowest BCUT2D eigenvalue weighted by Gasteiger charge is -2.08. The Labute approximate surface area is 121 Å². The van der Waals surface area contributed by atoms with Gasteiger partial charge in [0.15, 0.2) is 0 Å². The van der Waals surface area contributed by atoms with Crippen molar-refractivity contribution < 1.29 is 4.74 Å². The quantitative estimate of drug-likeness (QED) is 0.664. The third-order valence-electron chi connectivity index (χ3n) is 2.48. The van der Waals surface area contributed by atoms with Crippen molar-refractivity contribution in [3.8, 4) is 5.75 Å². The summed E-state index contributed by atoms with van der Waals surface area (Å²) in [5.41, 5.74) is 7.03. The molecule has 98 valence electrons. The molecule has 0 heterocycles. The van der Waals surface area contributed by atoms with E-state index in [4.69, 9.17) is 39.1 Å². The summed E-state index contributed by atoms with van der Waals surface area (Å²) in [6.07, 6.45) is 0. The van der Waals surface area contributed by atoms with Gasteiger partial charge >= 0.3 is 0 Å². The summed E-state index contributed by atoms with van der Waals surface area (Å²) >= 11 is 11.8. The van der Waals surface area contributed by atoms with E-state index in [9.17, 15) is 0 Å². The standard InChI is InChI=1S/C14H12Cl2N2O/c15-11-5-12(16)7-13(6-11)19-8-9-2-1-3-10(4-9)14(17)18/h1-7H,8H2,(H3,17,18). The van der Waals surface area contributed by atoms with Gasteiger partial charge in [0.2, 0.25) is 0 Å². The number of amidine groups is 1. The molecule has 0 bridgehead atoms. The fourth-order valence-corrected chi connectivity index (χ4v) is 2.11. The Morgan fingerprint density at radius 1 is 1.11 bits per heavy atom. The summed E-state index contributed by atoms with van der Waals surface area (Å²) in [6, 6.07) is 12.4. The van der Waals surface area contributed by atoms with Gasteiger partial charge in [-0.25, -0.2) is 0 Å². The third-order valence-corrected chi connectivity index (χ3v) is 2.92. The van der Waals surface area contributed by atoms with Crippen LogP contribution >= 0.6 is 23.2 Å². The topological polar surface area (TPSA) is 59.1 Å². The molecule has 5 heteroatoms. The Balaban J connectivity index is 2.10. The minimum Gasteiger partial charge on any atom is -0.489 e. The minimum absolute atomic E-state index is 0.0349. The highest BCUT2D eigenvalue weighted by atomic mass is 35.5. The molecule has 2 aromatic rings. The van der Waals surface area contributed by atoms with Crippen molar-refractivity contribution in [2.24, 2.45) is 5.73 Å². The lowest BCUT2D eigenvalue weighted by molar-refractivity contribution is 0.306. The van der Waals surface area contributed by atoms with Gasteiger partial charge in [-0.3, -0.25) is 5.41 Å². The molecular weight excluding hydrogens is 283 g/mol. The molecule has 2 rings (SSSR count). The Bertz CT molecular complexity index is 594. The molecule has 0 aliphatic heterocycles. The second-order valence-corrected chi connectivity index (χ2v) is 4.88. The molecule has 0 spiro atoms. The zero-order valence-electron chi connectivity index (χ0n) is 9.99. The van der Waals surface area contributed by atoms with E-state index in [0.717, 1.165) is 5.56 Å². The maximum absolute atomic E-state index is 7.39. The number of hydrogen-bond acceptors (Lipinski definition) is 2. The van der Waals surface area contributed by atoms with Gasteiger partial charge in [-0.2, -0.15) is 0 Å². The smallest absolute Gasteiger partial charge is 0.122 e. The predicted octanol–water partition coefficient (Wildman–Crippen LogP) is 3.86. The molecule has 0 saturated carbocycles. The highest BCUT2D eigenvalue weighted by molar-refractivity contribution is 6.34. The second-order valence-electron chi connectivity index (χ2n) is 4.01. The van der Waals surface area contributed by atoms with Gasteiger partial charge in [-0.1, -0.05) is 41.4 Å². The SMILES string of the molecule is N=C(N)c1cccc(COc2cc(Cl)cc(Cl)c2)c1. The van der Waals surface area contributed by atoms with E-state index in [0.29, 0.717) is 28.0 Å². The molecule has 3 N–H and O–H groups in total. The number of halogens is 2. The summed E-state index contributed by atoms with van der Waals surface area (Å²) in [5, 5.41) is 8.44. The van der Waals surface area contributed by atoms with E-state index in [-0.39, 0.29) is 5.84 Å². The molecule has 3 nitrogen and oxygen atoms in total. The summed E-state index contributed by atoms with van der Waals surface area (Å²) in [4.78, 5) is 0. The van der Waals surface area contributed by atoms with Crippen molar-refractivity contribution in [2.45, 2.75) is 6.61 Å². The Morgan fingerprint density at radius 3 is 2.42 bits per heavy atom. The Hall–Kier alpha value is -1.71. The van der Waals surface area contributed by atoms with E-state index < -0.39 is 0 Å². The van der Waals surface area contributed by atoms with E-state index >= 15 is 0 Å². The van der Waals surface area contributed by atoms with Gasteiger partial charge in [0.1, 0.15) is 18.2 Å². The summed E-state index contributed by atoms with van der Waals surface area (Å²) in [6.45, 7) is 0.359. The van der Waals surface area contributed by atoms with Crippen molar-refractivity contribution >= 4 is 29.0 Å². The maximum Gasteiger partial charge on any atom is 0.122 e. The number of nitrogens with one attached hydrogen (secondary N) is 1. The average molecular weight is 295 g/mol. The van der Waals surface area contributed by atoms with Crippen LogP contribution in [0.1, 0.15) is 11.1 Å². The summed E-state index contributed by atoms with van der Waals surface area (Å²) in [7, 11) is 0. The molecule has 0 aromatic heterocycles. The molecule has 0 amide bonds. The van der Waals surface area contributed by atoms with Crippen molar-refractivity contribution in [3.05, 3.63) is 63.6 Å². The summed E-state index contributed by atoms with van der Waals surface area (Å²) in [5.74, 6) is 0.637. The molecule has 0 atom stereocenters. The van der Waals surface area contributed by atoms with Crippen molar-refractivity contribution in [1.29, 1.82) is 5.41 Å². The zero-order valence-corrected chi connectivity index (χ0v) is 11.5. The molecule has 0 aliphatic rings. The zero-order chi connectivity index (χ0) is 13.8. The van der Waals surface area contributed by atoms with Crippen LogP contribution in [0, 0.1) is 5.41 Å². The Kier molecular flexibility index (Phi) is 4.30. The van der Waals surface area contributed by atoms with Gasteiger partial charge in [-0.15, -0.1) is 0 Å². The van der Waals surface area contributed by atoms with E-state index in [1.165, 1.54) is 0 Å². The molecule has 0 fully saturated rings. The van der Waals surface area contributed by atoms with Crippen LogP contribution in [0.5, 0.6) is 5.75 Å². The van der Waals surface area contributed by atoms with Gasteiger partial charge in [-0.05, 0) is 29.8 Å². The van der Waals surface area contributed by atoms with Crippen molar-refractivity contribution in [3.63, 3.8) is 0 Å². The van der Waals surface area contributed by atoms with Crippen LogP contribution in [0.2, 0.25) is 10.0 Å². The molecule has 0 radical (unpaired) electrons. The number of benzene rings is 2. The first-order chi connectivity index (χ1) is 9.04. The van der Waals surface area contributed by atoms with Crippen LogP contribution in [0.15, 0.2) is 42.5 Å². The number of hydrogen-bond donors (Lipinski definition) is 2. The molecular formula is C14H12Cl2N2O. The van der Waals surface area contributed by atoms with Gasteiger partial charge in [0, 0.05) is 15.6 Å². The van der Waals surface area contributed by atoms with Crippen LogP contribution in [-0.4, -0.2) is 5.84 Å². The van der Waals surface area contributed by atoms with Crippen LogP contribution in [0.4, 0.5) is 0 Å². The maximum atomic E-state index is 7.39. The first-order valence-electron chi connectivity index (χ1n) is 5.57. The third kappa shape index (κ3) is 3.88. The highest BCUT2D eigenvalue weighted by Gasteiger charge is 2.02. The van der Waals surface area contributed by atoms with Crippen LogP contribution in [0.3, 0.4) is 0 Å². The average Bonchev–Trinajstić information content (AvgIpc) is 2.35. The van der Waals surface area contributed by atoms with E-state index in [1.54, 1.807) is 24.3 Å². The number of nitrogen functional groups attached to an aromatic ring is 1. The van der Waals surface area contributed by atoms with Crippen molar-refractivity contribution in [1.82, 2.24) is 0 Å². The van der Waals surface area contributed by atoms with Crippen molar-refractivity contribution in [2.75, 3.05) is 0 Å². The van der Waals surface area contributed by atoms with Crippen LogP contribution < -0.4 is 10.5 Å².